The number of unbranched alkanes of at least 4 members (excludes halogenated alkanes) is 1. The fraction of sp³-hybridized carbons (Fsp3) is 0.455. The van der Waals surface area contributed by atoms with E-state index < -0.39 is 0 Å². The summed E-state index contributed by atoms with van der Waals surface area (Å²) in [6.07, 6.45) is 9.63. The standard InChI is InChI=1S/C22H29NO/c1-2-3-4-17-5-7-18(8-6-17)19-9-13-21(14-10-19)24-22-15-11-20(23)12-16-22/h9-18H,2-8,23H2,1H3. The molecule has 0 bridgehead atoms. The minimum atomic E-state index is 0.730. The summed E-state index contributed by atoms with van der Waals surface area (Å²) in [5, 5.41) is 0. The van der Waals surface area contributed by atoms with Crippen LogP contribution in [-0.2, 0) is 0 Å². The third-order valence-electron chi connectivity index (χ3n) is 5.28. The average molecular weight is 323 g/mol. The van der Waals surface area contributed by atoms with E-state index in [4.69, 9.17) is 10.5 Å². The second-order valence-corrected chi connectivity index (χ2v) is 7.10. The highest BCUT2D eigenvalue weighted by atomic mass is 16.5. The Morgan fingerprint density at radius 2 is 1.46 bits per heavy atom. The molecule has 2 N–H and O–H groups in total. The Hall–Kier alpha value is -1.96. The van der Waals surface area contributed by atoms with E-state index in [0.29, 0.717) is 0 Å². The van der Waals surface area contributed by atoms with E-state index >= 15 is 0 Å². The molecule has 0 atom stereocenters. The summed E-state index contributed by atoms with van der Waals surface area (Å²) in [5.41, 5.74) is 7.93. The molecule has 0 heterocycles. The van der Waals surface area contributed by atoms with Gasteiger partial charge in [0.25, 0.3) is 0 Å². The molecule has 1 aliphatic rings. The molecule has 2 nitrogen and oxygen atoms in total. The van der Waals surface area contributed by atoms with E-state index in [1.54, 1.807) is 0 Å². The van der Waals surface area contributed by atoms with Crippen molar-refractivity contribution in [3.05, 3.63) is 54.1 Å². The van der Waals surface area contributed by atoms with Crippen molar-refractivity contribution in [1.29, 1.82) is 0 Å². The van der Waals surface area contributed by atoms with Gasteiger partial charge in [0.2, 0.25) is 0 Å². The predicted octanol–water partition coefficient (Wildman–Crippen LogP) is 6.53. The maximum Gasteiger partial charge on any atom is 0.127 e. The van der Waals surface area contributed by atoms with Gasteiger partial charge in [-0.05, 0) is 79.5 Å². The summed E-state index contributed by atoms with van der Waals surface area (Å²) in [6.45, 7) is 2.29. The fourth-order valence-corrected chi connectivity index (χ4v) is 3.76. The smallest absolute Gasteiger partial charge is 0.127 e. The summed E-state index contributed by atoms with van der Waals surface area (Å²) < 4.78 is 5.88. The van der Waals surface area contributed by atoms with Crippen molar-refractivity contribution < 1.29 is 4.74 Å². The first kappa shape index (κ1) is 16.9. The normalized spacial score (nSPS) is 20.7. The van der Waals surface area contributed by atoms with Crippen LogP contribution in [-0.4, -0.2) is 0 Å². The zero-order chi connectivity index (χ0) is 16.8. The summed E-state index contributed by atoms with van der Waals surface area (Å²) in [5.74, 6) is 3.41. The van der Waals surface area contributed by atoms with Gasteiger partial charge >= 0.3 is 0 Å². The minimum absolute atomic E-state index is 0.730. The van der Waals surface area contributed by atoms with Crippen molar-refractivity contribution in [1.82, 2.24) is 0 Å². The second kappa shape index (κ2) is 8.23. The lowest BCUT2D eigenvalue weighted by atomic mass is 9.77. The van der Waals surface area contributed by atoms with Gasteiger partial charge in [-0.25, -0.2) is 0 Å². The monoisotopic (exact) mass is 323 g/mol. The highest BCUT2D eigenvalue weighted by Gasteiger charge is 2.21. The molecule has 0 saturated heterocycles. The van der Waals surface area contributed by atoms with Crippen molar-refractivity contribution in [2.45, 2.75) is 57.8 Å². The Morgan fingerprint density at radius 3 is 2.04 bits per heavy atom. The van der Waals surface area contributed by atoms with Gasteiger partial charge < -0.3 is 10.5 Å². The highest BCUT2D eigenvalue weighted by molar-refractivity contribution is 5.43. The average Bonchev–Trinajstić information content (AvgIpc) is 2.63. The van der Waals surface area contributed by atoms with E-state index in [2.05, 4.69) is 31.2 Å². The molecule has 0 aliphatic heterocycles. The van der Waals surface area contributed by atoms with Crippen molar-refractivity contribution in [2.24, 2.45) is 5.92 Å². The molecule has 1 aliphatic carbocycles. The Morgan fingerprint density at radius 1 is 0.875 bits per heavy atom. The minimum Gasteiger partial charge on any atom is -0.457 e. The Labute approximate surface area is 146 Å². The molecule has 2 heteroatoms. The molecule has 1 saturated carbocycles. The molecule has 3 rings (SSSR count). The zero-order valence-corrected chi connectivity index (χ0v) is 14.7. The zero-order valence-electron chi connectivity index (χ0n) is 14.7. The van der Waals surface area contributed by atoms with Gasteiger partial charge in [0, 0.05) is 5.69 Å². The third kappa shape index (κ3) is 4.53. The number of hydrogen-bond donors (Lipinski definition) is 1. The van der Waals surface area contributed by atoms with Crippen LogP contribution in [0.25, 0.3) is 0 Å². The number of benzene rings is 2. The van der Waals surface area contributed by atoms with Gasteiger partial charge in [0.05, 0.1) is 0 Å². The van der Waals surface area contributed by atoms with Crippen LogP contribution in [0.2, 0.25) is 0 Å². The Bertz CT molecular complexity index is 609. The molecule has 1 fully saturated rings. The lowest BCUT2D eigenvalue weighted by Crippen LogP contribution is -2.13. The first-order valence-electron chi connectivity index (χ1n) is 9.38. The molecule has 2 aromatic rings. The molecule has 0 amide bonds. The number of nitrogens with two attached hydrogens (primary N) is 1. The van der Waals surface area contributed by atoms with Crippen LogP contribution in [0.5, 0.6) is 11.5 Å². The van der Waals surface area contributed by atoms with Gasteiger partial charge in [-0.2, -0.15) is 0 Å². The number of ether oxygens (including phenoxy) is 1. The molecule has 0 unspecified atom stereocenters. The summed E-state index contributed by atoms with van der Waals surface area (Å²) in [4.78, 5) is 0. The van der Waals surface area contributed by atoms with E-state index in [1.165, 1.54) is 50.5 Å². The molecular formula is C22H29NO. The first-order chi connectivity index (χ1) is 11.7. The largest absolute Gasteiger partial charge is 0.457 e. The number of anilines is 1. The Balaban J connectivity index is 1.54. The van der Waals surface area contributed by atoms with Crippen molar-refractivity contribution in [3.63, 3.8) is 0 Å². The molecule has 0 spiro atoms. The van der Waals surface area contributed by atoms with Gasteiger partial charge in [0.15, 0.2) is 0 Å². The highest BCUT2D eigenvalue weighted by Crippen LogP contribution is 2.38. The maximum absolute atomic E-state index is 5.88. The molecule has 24 heavy (non-hydrogen) atoms. The first-order valence-corrected chi connectivity index (χ1v) is 9.38. The maximum atomic E-state index is 5.88. The molecule has 0 radical (unpaired) electrons. The van der Waals surface area contributed by atoms with Crippen LogP contribution in [0.3, 0.4) is 0 Å². The van der Waals surface area contributed by atoms with E-state index in [-0.39, 0.29) is 0 Å². The predicted molar refractivity (Wildman–Crippen MR) is 102 cm³/mol. The Kier molecular flexibility index (Phi) is 5.79. The van der Waals surface area contributed by atoms with Crippen molar-refractivity contribution in [2.75, 3.05) is 5.73 Å². The summed E-state index contributed by atoms with van der Waals surface area (Å²) in [7, 11) is 0. The topological polar surface area (TPSA) is 35.2 Å². The third-order valence-corrected chi connectivity index (χ3v) is 5.28. The van der Waals surface area contributed by atoms with Gasteiger partial charge in [-0.15, -0.1) is 0 Å². The number of hydrogen-bond acceptors (Lipinski definition) is 2. The van der Waals surface area contributed by atoms with Gasteiger partial charge in [0.1, 0.15) is 11.5 Å². The lowest BCUT2D eigenvalue weighted by molar-refractivity contribution is 0.304. The van der Waals surface area contributed by atoms with Crippen LogP contribution >= 0.6 is 0 Å². The lowest BCUT2D eigenvalue weighted by Gasteiger charge is -2.28. The van der Waals surface area contributed by atoms with Crippen LogP contribution in [0.1, 0.15) is 63.4 Å². The van der Waals surface area contributed by atoms with E-state index in [1.807, 2.05) is 24.3 Å². The van der Waals surface area contributed by atoms with Crippen LogP contribution in [0, 0.1) is 5.92 Å². The molecule has 0 aromatic heterocycles. The summed E-state index contributed by atoms with van der Waals surface area (Å²) >= 11 is 0. The van der Waals surface area contributed by atoms with Crippen LogP contribution in [0.15, 0.2) is 48.5 Å². The van der Waals surface area contributed by atoms with E-state index in [0.717, 1.165) is 29.0 Å². The van der Waals surface area contributed by atoms with Gasteiger partial charge in [-0.1, -0.05) is 38.3 Å². The fourth-order valence-electron chi connectivity index (χ4n) is 3.76. The van der Waals surface area contributed by atoms with Crippen molar-refractivity contribution in [3.8, 4) is 11.5 Å². The van der Waals surface area contributed by atoms with Crippen molar-refractivity contribution >= 4 is 5.69 Å². The summed E-state index contributed by atoms with van der Waals surface area (Å²) in [6, 6.07) is 16.2. The molecular weight excluding hydrogens is 294 g/mol. The number of nitrogen functional groups attached to an aromatic ring is 1. The number of rotatable bonds is 6. The van der Waals surface area contributed by atoms with Crippen LogP contribution < -0.4 is 10.5 Å². The van der Waals surface area contributed by atoms with Crippen LogP contribution in [0.4, 0.5) is 5.69 Å². The van der Waals surface area contributed by atoms with E-state index in [9.17, 15) is 0 Å². The quantitative estimate of drug-likeness (QED) is 0.614. The molecule has 128 valence electrons. The molecule has 2 aromatic carbocycles. The SMILES string of the molecule is CCCCC1CCC(c2ccc(Oc3ccc(N)cc3)cc2)CC1. The van der Waals surface area contributed by atoms with Gasteiger partial charge in [-0.3, -0.25) is 0 Å². The second-order valence-electron chi connectivity index (χ2n) is 7.10.